The van der Waals surface area contributed by atoms with Crippen LogP contribution >= 0.6 is 12.4 Å². The van der Waals surface area contributed by atoms with Gasteiger partial charge in [0, 0.05) is 31.0 Å². The van der Waals surface area contributed by atoms with Crippen molar-refractivity contribution in [3.8, 4) is 0 Å². The fourth-order valence-electron chi connectivity index (χ4n) is 3.36. The van der Waals surface area contributed by atoms with Crippen LogP contribution in [0.25, 0.3) is 0 Å². The van der Waals surface area contributed by atoms with E-state index < -0.39 is 0 Å². The molecule has 2 aliphatic rings. The highest BCUT2D eigenvalue weighted by atomic mass is 35.5. The first kappa shape index (κ1) is 19.2. The molecule has 0 aromatic heterocycles. The van der Waals surface area contributed by atoms with E-state index in [4.69, 9.17) is 0 Å². The van der Waals surface area contributed by atoms with Crippen LogP contribution in [0.3, 0.4) is 0 Å². The van der Waals surface area contributed by atoms with Crippen molar-refractivity contribution in [2.45, 2.75) is 70.4 Å². The van der Waals surface area contributed by atoms with Gasteiger partial charge in [0.1, 0.15) is 0 Å². The van der Waals surface area contributed by atoms with Crippen LogP contribution in [-0.4, -0.2) is 37.0 Å². The summed E-state index contributed by atoms with van der Waals surface area (Å²) in [5.74, 6) is 0.275. The molecular formula is C16H30ClN3O2. The minimum absolute atomic E-state index is 0. The van der Waals surface area contributed by atoms with E-state index in [1.807, 2.05) is 0 Å². The Morgan fingerprint density at radius 2 is 1.86 bits per heavy atom. The molecular weight excluding hydrogens is 302 g/mol. The van der Waals surface area contributed by atoms with Crippen molar-refractivity contribution in [1.82, 2.24) is 16.0 Å². The number of rotatable bonds is 5. The van der Waals surface area contributed by atoms with E-state index in [1.54, 1.807) is 0 Å². The molecule has 1 aliphatic carbocycles. The summed E-state index contributed by atoms with van der Waals surface area (Å²) in [5, 5.41) is 9.33. The maximum atomic E-state index is 12.0. The highest BCUT2D eigenvalue weighted by Crippen LogP contribution is 2.17. The molecule has 2 rings (SSSR count). The maximum Gasteiger partial charge on any atom is 0.223 e. The molecule has 2 atom stereocenters. The van der Waals surface area contributed by atoms with Gasteiger partial charge in [0.2, 0.25) is 11.8 Å². The van der Waals surface area contributed by atoms with Gasteiger partial charge in [-0.2, -0.15) is 0 Å². The van der Waals surface area contributed by atoms with Crippen molar-refractivity contribution in [3.05, 3.63) is 0 Å². The summed E-state index contributed by atoms with van der Waals surface area (Å²) in [7, 11) is 0. The molecule has 2 amide bonds. The number of piperidine rings is 1. The monoisotopic (exact) mass is 331 g/mol. The van der Waals surface area contributed by atoms with Crippen LogP contribution in [-0.2, 0) is 9.59 Å². The second-order valence-electron chi connectivity index (χ2n) is 6.52. The highest BCUT2D eigenvalue weighted by Gasteiger charge is 2.24. The third-order valence-electron chi connectivity index (χ3n) is 4.62. The molecule has 5 nitrogen and oxygen atoms in total. The van der Waals surface area contributed by atoms with Crippen molar-refractivity contribution >= 4 is 24.2 Å². The molecule has 1 heterocycles. The molecule has 0 spiro atoms. The Kier molecular flexibility index (Phi) is 8.79. The molecule has 6 heteroatoms. The van der Waals surface area contributed by atoms with Gasteiger partial charge in [0.05, 0.1) is 0 Å². The number of nitrogens with one attached hydrogen (secondary N) is 3. The summed E-state index contributed by atoms with van der Waals surface area (Å²) >= 11 is 0. The summed E-state index contributed by atoms with van der Waals surface area (Å²) in [4.78, 5) is 23.9. The van der Waals surface area contributed by atoms with Crippen LogP contribution in [0.5, 0.6) is 0 Å². The van der Waals surface area contributed by atoms with Gasteiger partial charge >= 0.3 is 0 Å². The zero-order chi connectivity index (χ0) is 15.1. The predicted octanol–water partition coefficient (Wildman–Crippen LogP) is 1.75. The lowest BCUT2D eigenvalue weighted by molar-refractivity contribution is -0.126. The summed E-state index contributed by atoms with van der Waals surface area (Å²) in [6.07, 6.45) is 8.10. The van der Waals surface area contributed by atoms with Gasteiger partial charge in [-0.1, -0.05) is 19.3 Å². The lowest BCUT2D eigenvalue weighted by atomic mass is 9.92. The van der Waals surface area contributed by atoms with E-state index in [9.17, 15) is 9.59 Å². The van der Waals surface area contributed by atoms with Crippen molar-refractivity contribution in [2.24, 2.45) is 5.92 Å². The van der Waals surface area contributed by atoms with Crippen molar-refractivity contribution in [1.29, 1.82) is 0 Å². The lowest BCUT2D eigenvalue weighted by Crippen LogP contribution is -2.43. The topological polar surface area (TPSA) is 70.2 Å². The third-order valence-corrected chi connectivity index (χ3v) is 4.62. The van der Waals surface area contributed by atoms with Gasteiger partial charge in [-0.25, -0.2) is 0 Å². The predicted molar refractivity (Wildman–Crippen MR) is 90.1 cm³/mol. The van der Waals surface area contributed by atoms with E-state index in [1.165, 1.54) is 19.3 Å². The molecule has 0 unspecified atom stereocenters. The zero-order valence-electron chi connectivity index (χ0n) is 13.5. The fraction of sp³-hybridized carbons (Fsp3) is 0.875. The SMILES string of the molecule is C[C@H]1C[C@@H](C(=O)NCCC(=O)NC2CCCCC2)CCN1.Cl. The van der Waals surface area contributed by atoms with Crippen molar-refractivity contribution < 1.29 is 9.59 Å². The Morgan fingerprint density at radius 3 is 2.55 bits per heavy atom. The fourth-order valence-corrected chi connectivity index (χ4v) is 3.36. The van der Waals surface area contributed by atoms with E-state index in [2.05, 4.69) is 22.9 Å². The van der Waals surface area contributed by atoms with Crippen LogP contribution in [0, 0.1) is 5.92 Å². The van der Waals surface area contributed by atoms with Crippen LogP contribution in [0.1, 0.15) is 58.3 Å². The lowest BCUT2D eigenvalue weighted by Gasteiger charge is -2.27. The summed E-state index contributed by atoms with van der Waals surface area (Å²) in [6, 6.07) is 0.760. The number of hydrogen-bond donors (Lipinski definition) is 3. The smallest absolute Gasteiger partial charge is 0.223 e. The number of halogens is 1. The average molecular weight is 332 g/mol. The molecule has 0 radical (unpaired) electrons. The summed E-state index contributed by atoms with van der Waals surface area (Å²) in [6.45, 7) is 3.47. The van der Waals surface area contributed by atoms with E-state index >= 15 is 0 Å². The van der Waals surface area contributed by atoms with Crippen LogP contribution < -0.4 is 16.0 Å². The first-order valence-electron chi connectivity index (χ1n) is 8.45. The molecule has 0 bridgehead atoms. The maximum absolute atomic E-state index is 12.0. The third kappa shape index (κ3) is 6.53. The Bertz CT molecular complexity index is 359. The van der Waals surface area contributed by atoms with E-state index in [0.717, 1.165) is 32.2 Å². The van der Waals surface area contributed by atoms with E-state index in [0.29, 0.717) is 25.0 Å². The van der Waals surface area contributed by atoms with Crippen LogP contribution in [0.15, 0.2) is 0 Å². The van der Waals surface area contributed by atoms with Gasteiger partial charge in [-0.05, 0) is 39.2 Å². The normalized spacial score (nSPS) is 25.9. The largest absolute Gasteiger partial charge is 0.355 e. The first-order chi connectivity index (χ1) is 10.1. The number of carbonyl (C=O) groups is 2. The molecule has 1 aliphatic heterocycles. The van der Waals surface area contributed by atoms with Crippen molar-refractivity contribution in [2.75, 3.05) is 13.1 Å². The number of carbonyl (C=O) groups excluding carboxylic acids is 2. The summed E-state index contributed by atoms with van der Waals surface area (Å²) < 4.78 is 0. The first-order valence-corrected chi connectivity index (χ1v) is 8.45. The molecule has 1 saturated carbocycles. The average Bonchev–Trinajstić information content (AvgIpc) is 2.48. The standard InChI is InChI=1S/C16H29N3O2.ClH/c1-12-11-13(7-9-17-12)16(21)18-10-8-15(20)19-14-5-3-2-4-6-14;/h12-14,17H,2-11H2,1H3,(H,18,21)(H,19,20);1H/t12-,13-;/m0./s1. The molecule has 2 fully saturated rings. The number of amides is 2. The minimum atomic E-state index is 0. The molecule has 3 N–H and O–H groups in total. The quantitative estimate of drug-likeness (QED) is 0.719. The van der Waals surface area contributed by atoms with Gasteiger partial charge in [0.15, 0.2) is 0 Å². The van der Waals surface area contributed by atoms with Crippen molar-refractivity contribution in [3.63, 3.8) is 0 Å². The number of hydrogen-bond acceptors (Lipinski definition) is 3. The minimum Gasteiger partial charge on any atom is -0.355 e. The Morgan fingerprint density at radius 1 is 1.14 bits per heavy atom. The van der Waals surface area contributed by atoms with Crippen LogP contribution in [0.2, 0.25) is 0 Å². The molecule has 0 aromatic carbocycles. The van der Waals surface area contributed by atoms with E-state index in [-0.39, 0.29) is 30.1 Å². The second kappa shape index (κ2) is 10.1. The zero-order valence-corrected chi connectivity index (χ0v) is 14.3. The molecule has 128 valence electrons. The molecule has 0 aromatic rings. The Balaban J connectivity index is 0.00000242. The van der Waals surface area contributed by atoms with Gasteiger partial charge in [-0.15, -0.1) is 12.4 Å². The Labute approximate surface area is 139 Å². The van der Waals surface area contributed by atoms with Gasteiger partial charge in [0.25, 0.3) is 0 Å². The molecule has 1 saturated heterocycles. The highest BCUT2D eigenvalue weighted by molar-refractivity contribution is 5.85. The Hall–Kier alpha value is -0.810. The second-order valence-corrected chi connectivity index (χ2v) is 6.52. The summed E-state index contributed by atoms with van der Waals surface area (Å²) in [5.41, 5.74) is 0. The van der Waals surface area contributed by atoms with Crippen LogP contribution in [0.4, 0.5) is 0 Å². The molecule has 22 heavy (non-hydrogen) atoms. The van der Waals surface area contributed by atoms with Gasteiger partial charge < -0.3 is 16.0 Å². The van der Waals surface area contributed by atoms with Gasteiger partial charge in [-0.3, -0.25) is 9.59 Å².